The summed E-state index contributed by atoms with van der Waals surface area (Å²) in [5, 5.41) is 12.4. The van der Waals surface area contributed by atoms with Gasteiger partial charge in [0.15, 0.2) is 0 Å². The standard InChI is InChI=1S/C26H35N3O7/c1-26(2,3)21-22(30)29-14-18(12-20(29)23(31)32)36-25(34)28-13-17-10-7-9-16(19(17)15-28)8-5-4-6-11-35-24(33)27-21/h7,9-10,18,20-21H,4-6,8,11-15H2,1-3H3,(H,27,33)(H,31,32)/t18-,20+,21-/m1/s1. The minimum absolute atomic E-state index is 0.0137. The Kier molecular flexibility index (Phi) is 7.42. The Morgan fingerprint density at radius 1 is 1.08 bits per heavy atom. The maximum absolute atomic E-state index is 13.5. The zero-order valence-corrected chi connectivity index (χ0v) is 21.1. The Morgan fingerprint density at radius 2 is 1.83 bits per heavy atom. The summed E-state index contributed by atoms with van der Waals surface area (Å²) in [5.41, 5.74) is 2.70. The highest BCUT2D eigenvalue weighted by molar-refractivity contribution is 5.90. The van der Waals surface area contributed by atoms with Gasteiger partial charge in [-0.15, -0.1) is 0 Å². The smallest absolute Gasteiger partial charge is 0.410 e. The molecule has 3 atom stereocenters. The van der Waals surface area contributed by atoms with Gasteiger partial charge in [0.2, 0.25) is 5.91 Å². The minimum Gasteiger partial charge on any atom is -0.480 e. The first-order valence-corrected chi connectivity index (χ1v) is 12.6. The summed E-state index contributed by atoms with van der Waals surface area (Å²) in [4.78, 5) is 53.8. The van der Waals surface area contributed by atoms with Crippen molar-refractivity contribution in [2.24, 2.45) is 5.41 Å². The van der Waals surface area contributed by atoms with Crippen LogP contribution in [0.5, 0.6) is 0 Å². The molecule has 0 saturated carbocycles. The number of carbonyl (C=O) groups excluding carboxylic acids is 3. The summed E-state index contributed by atoms with van der Waals surface area (Å²) >= 11 is 0. The number of carboxylic acid groups (broad SMARTS) is 1. The molecule has 4 bridgehead atoms. The number of nitrogens with zero attached hydrogens (tertiary/aromatic N) is 2. The number of amides is 3. The molecule has 3 aliphatic rings. The van der Waals surface area contributed by atoms with Crippen molar-refractivity contribution >= 4 is 24.1 Å². The lowest BCUT2D eigenvalue weighted by Crippen LogP contribution is -2.57. The zero-order valence-electron chi connectivity index (χ0n) is 21.1. The third-order valence-corrected chi connectivity index (χ3v) is 7.14. The highest BCUT2D eigenvalue weighted by atomic mass is 16.6. The van der Waals surface area contributed by atoms with Gasteiger partial charge in [0.1, 0.15) is 18.2 Å². The fraction of sp³-hybridized carbons (Fsp3) is 0.615. The van der Waals surface area contributed by atoms with Crippen molar-refractivity contribution in [2.75, 3.05) is 13.2 Å². The summed E-state index contributed by atoms with van der Waals surface area (Å²) in [6, 6.07) is 3.91. The molecule has 196 valence electrons. The Hall–Kier alpha value is -3.30. The van der Waals surface area contributed by atoms with Gasteiger partial charge < -0.3 is 24.8 Å². The number of carbonyl (C=O) groups is 4. The van der Waals surface area contributed by atoms with Gasteiger partial charge in [-0.3, -0.25) is 9.69 Å². The van der Waals surface area contributed by atoms with Crippen LogP contribution in [0.3, 0.4) is 0 Å². The van der Waals surface area contributed by atoms with Gasteiger partial charge in [-0.2, -0.15) is 0 Å². The van der Waals surface area contributed by atoms with Crippen LogP contribution in [0.4, 0.5) is 9.59 Å². The average molecular weight is 502 g/mol. The van der Waals surface area contributed by atoms with E-state index in [1.165, 1.54) is 10.5 Å². The van der Waals surface area contributed by atoms with Crippen LogP contribution < -0.4 is 5.32 Å². The Labute approximate surface area is 210 Å². The Balaban J connectivity index is 1.59. The summed E-state index contributed by atoms with van der Waals surface area (Å²) < 4.78 is 11.0. The summed E-state index contributed by atoms with van der Waals surface area (Å²) in [6.45, 7) is 6.40. The topological polar surface area (TPSA) is 125 Å². The molecular formula is C26H35N3O7. The van der Waals surface area contributed by atoms with E-state index in [-0.39, 0.29) is 19.6 Å². The van der Waals surface area contributed by atoms with Crippen LogP contribution in [-0.2, 0) is 38.6 Å². The largest absolute Gasteiger partial charge is 0.480 e. The SMILES string of the molecule is CC(C)(C)[C@@H]1NC(=O)OCCCCCc2cccc3c2CN(C3)C(=O)O[C@@H]2C[C@@H](C(=O)O)N(C2)C1=O. The van der Waals surface area contributed by atoms with Gasteiger partial charge in [-0.1, -0.05) is 39.0 Å². The van der Waals surface area contributed by atoms with E-state index in [0.717, 1.165) is 30.4 Å². The lowest BCUT2D eigenvalue weighted by molar-refractivity contribution is -0.150. The van der Waals surface area contributed by atoms with Gasteiger partial charge in [0.25, 0.3) is 0 Å². The average Bonchev–Trinajstić information content (AvgIpc) is 3.43. The van der Waals surface area contributed by atoms with Crippen molar-refractivity contribution < 1.29 is 33.8 Å². The summed E-state index contributed by atoms with van der Waals surface area (Å²) in [7, 11) is 0. The van der Waals surface area contributed by atoms with Crippen LogP contribution in [0.25, 0.3) is 0 Å². The van der Waals surface area contributed by atoms with Crippen molar-refractivity contribution in [3.05, 3.63) is 34.9 Å². The molecule has 1 saturated heterocycles. The van der Waals surface area contributed by atoms with Crippen molar-refractivity contribution in [1.82, 2.24) is 15.1 Å². The molecule has 0 aliphatic carbocycles. The number of cyclic esters (lactones) is 1. The molecule has 0 radical (unpaired) electrons. The van der Waals surface area contributed by atoms with Crippen LogP contribution in [0.15, 0.2) is 18.2 Å². The fourth-order valence-electron chi connectivity index (χ4n) is 5.17. The maximum Gasteiger partial charge on any atom is 0.410 e. The number of aliphatic carboxylic acids is 1. The first-order valence-electron chi connectivity index (χ1n) is 12.6. The van der Waals surface area contributed by atoms with E-state index < -0.39 is 47.7 Å². The van der Waals surface area contributed by atoms with E-state index in [2.05, 4.69) is 11.4 Å². The highest BCUT2D eigenvalue weighted by Gasteiger charge is 2.46. The first kappa shape index (κ1) is 25.8. The van der Waals surface area contributed by atoms with Gasteiger partial charge in [-0.05, 0) is 47.8 Å². The van der Waals surface area contributed by atoms with Crippen LogP contribution in [-0.4, -0.2) is 70.3 Å². The van der Waals surface area contributed by atoms with Crippen molar-refractivity contribution in [2.45, 2.75) is 84.2 Å². The van der Waals surface area contributed by atoms with Crippen LogP contribution in [0.2, 0.25) is 0 Å². The van der Waals surface area contributed by atoms with Crippen LogP contribution in [0.1, 0.15) is 63.1 Å². The van der Waals surface area contributed by atoms with Crippen molar-refractivity contribution in [3.8, 4) is 0 Å². The molecule has 3 heterocycles. The molecule has 4 rings (SSSR count). The summed E-state index contributed by atoms with van der Waals surface area (Å²) in [5.74, 6) is -1.72. The molecule has 1 fully saturated rings. The van der Waals surface area contributed by atoms with Crippen molar-refractivity contribution in [1.29, 1.82) is 0 Å². The number of aryl methyl sites for hydroxylation is 1. The molecule has 36 heavy (non-hydrogen) atoms. The fourth-order valence-corrected chi connectivity index (χ4v) is 5.17. The number of ether oxygens (including phenoxy) is 2. The monoisotopic (exact) mass is 501 g/mol. The quantitative estimate of drug-likeness (QED) is 0.606. The van der Waals surface area contributed by atoms with Crippen molar-refractivity contribution in [3.63, 3.8) is 0 Å². The Bertz CT molecular complexity index is 1030. The number of rotatable bonds is 1. The number of benzene rings is 1. The molecule has 10 nitrogen and oxygen atoms in total. The second-order valence-electron chi connectivity index (χ2n) is 10.9. The number of carboxylic acids is 1. The third-order valence-electron chi connectivity index (χ3n) is 7.14. The normalized spacial score (nSPS) is 25.9. The van der Waals surface area contributed by atoms with Gasteiger partial charge in [0, 0.05) is 19.5 Å². The molecule has 3 amide bonds. The van der Waals surface area contributed by atoms with E-state index in [4.69, 9.17) is 9.47 Å². The lowest BCUT2D eigenvalue weighted by atomic mass is 9.85. The maximum atomic E-state index is 13.5. The van der Waals surface area contributed by atoms with Gasteiger partial charge in [0.05, 0.1) is 13.2 Å². The predicted molar refractivity (Wildman–Crippen MR) is 129 cm³/mol. The van der Waals surface area contributed by atoms with E-state index in [0.29, 0.717) is 19.5 Å². The highest BCUT2D eigenvalue weighted by Crippen LogP contribution is 2.30. The molecule has 10 heteroatoms. The Morgan fingerprint density at radius 3 is 2.56 bits per heavy atom. The van der Waals surface area contributed by atoms with E-state index >= 15 is 0 Å². The first-order chi connectivity index (χ1) is 17.0. The van der Waals surface area contributed by atoms with E-state index in [1.54, 1.807) is 25.7 Å². The minimum atomic E-state index is -1.18. The van der Waals surface area contributed by atoms with E-state index in [9.17, 15) is 24.3 Å². The molecule has 1 aromatic rings. The lowest BCUT2D eigenvalue weighted by Gasteiger charge is -2.34. The number of hydrogen-bond acceptors (Lipinski definition) is 6. The van der Waals surface area contributed by atoms with Gasteiger partial charge in [-0.25, -0.2) is 14.4 Å². The molecular weight excluding hydrogens is 466 g/mol. The zero-order chi connectivity index (χ0) is 26.0. The second-order valence-corrected chi connectivity index (χ2v) is 10.9. The molecule has 0 spiro atoms. The van der Waals surface area contributed by atoms with E-state index in [1.807, 2.05) is 12.1 Å². The van der Waals surface area contributed by atoms with Crippen LogP contribution in [0, 0.1) is 5.41 Å². The molecule has 0 unspecified atom stereocenters. The molecule has 1 aromatic carbocycles. The molecule has 3 aliphatic heterocycles. The summed E-state index contributed by atoms with van der Waals surface area (Å²) in [6.07, 6.45) is 1.31. The number of nitrogens with one attached hydrogen (secondary N) is 1. The predicted octanol–water partition coefficient (Wildman–Crippen LogP) is 3.06. The number of fused-ring (bicyclic) bond motifs is 3. The van der Waals surface area contributed by atoms with Gasteiger partial charge >= 0.3 is 18.2 Å². The second kappa shape index (κ2) is 10.4. The molecule has 0 aromatic heterocycles. The number of hydrogen-bond donors (Lipinski definition) is 2. The molecule has 2 N–H and O–H groups in total. The number of alkyl carbamates (subject to hydrolysis) is 1. The van der Waals surface area contributed by atoms with Crippen LogP contribution >= 0.6 is 0 Å². The third kappa shape index (κ3) is 5.57.